The first-order valence-corrected chi connectivity index (χ1v) is 8.91. The summed E-state index contributed by atoms with van der Waals surface area (Å²) in [4.78, 5) is 16.8. The molecule has 0 saturated heterocycles. The van der Waals surface area contributed by atoms with Crippen molar-refractivity contribution < 1.29 is 4.74 Å². The molecule has 0 atom stereocenters. The van der Waals surface area contributed by atoms with Crippen LogP contribution in [0.3, 0.4) is 0 Å². The van der Waals surface area contributed by atoms with Gasteiger partial charge in [-0.1, -0.05) is 6.07 Å². The number of rotatable bonds is 4. The average molecular weight is 367 g/mol. The molecule has 3 aromatic heterocycles. The van der Waals surface area contributed by atoms with Crippen molar-refractivity contribution in [2.75, 3.05) is 12.4 Å². The molecule has 3 heterocycles. The molecule has 0 unspecified atom stereocenters. The second-order valence-corrected chi connectivity index (χ2v) is 6.39. The largest absolute Gasteiger partial charge is 0.494 e. The van der Waals surface area contributed by atoms with Crippen LogP contribution in [0.5, 0.6) is 5.75 Å². The number of aromatic nitrogens is 4. The predicted molar refractivity (Wildman–Crippen MR) is 111 cm³/mol. The quantitative estimate of drug-likeness (QED) is 0.471. The van der Waals surface area contributed by atoms with Crippen LogP contribution in [-0.2, 0) is 0 Å². The van der Waals surface area contributed by atoms with Crippen LogP contribution in [0, 0.1) is 0 Å². The van der Waals surface area contributed by atoms with E-state index in [1.54, 1.807) is 19.5 Å². The molecule has 0 amide bonds. The van der Waals surface area contributed by atoms with Gasteiger partial charge in [-0.2, -0.15) is 0 Å². The summed E-state index contributed by atoms with van der Waals surface area (Å²) in [6.45, 7) is 0. The summed E-state index contributed by atoms with van der Waals surface area (Å²) < 4.78 is 5.54. The Morgan fingerprint density at radius 2 is 1.86 bits per heavy atom. The zero-order valence-corrected chi connectivity index (χ0v) is 15.2. The highest BCUT2D eigenvalue weighted by molar-refractivity contribution is 5.96. The first kappa shape index (κ1) is 16.3. The van der Waals surface area contributed by atoms with Crippen molar-refractivity contribution in [2.45, 2.75) is 0 Å². The SMILES string of the molecule is COc1cccc2c(Nc3ccc4[nH]ccc4c3)nc(-c3ccncc3)nc12. The second-order valence-electron chi connectivity index (χ2n) is 6.39. The van der Waals surface area contributed by atoms with E-state index in [4.69, 9.17) is 14.7 Å². The van der Waals surface area contributed by atoms with Gasteiger partial charge in [0, 0.05) is 46.1 Å². The number of nitrogens with zero attached hydrogens (tertiary/aromatic N) is 3. The van der Waals surface area contributed by atoms with Gasteiger partial charge in [0.1, 0.15) is 17.1 Å². The van der Waals surface area contributed by atoms with E-state index in [0.717, 1.165) is 38.9 Å². The third-order valence-electron chi connectivity index (χ3n) is 4.66. The maximum absolute atomic E-state index is 5.54. The summed E-state index contributed by atoms with van der Waals surface area (Å²) in [6.07, 6.45) is 5.40. The van der Waals surface area contributed by atoms with Gasteiger partial charge in [-0.3, -0.25) is 4.98 Å². The number of H-pyrrole nitrogens is 1. The van der Waals surface area contributed by atoms with Crippen LogP contribution in [0.2, 0.25) is 0 Å². The van der Waals surface area contributed by atoms with Gasteiger partial charge >= 0.3 is 0 Å². The smallest absolute Gasteiger partial charge is 0.162 e. The van der Waals surface area contributed by atoms with Crippen LogP contribution in [-0.4, -0.2) is 27.0 Å². The average Bonchev–Trinajstić information content (AvgIpc) is 3.22. The molecule has 0 aliphatic heterocycles. The normalized spacial score (nSPS) is 11.0. The van der Waals surface area contributed by atoms with Gasteiger partial charge in [0.2, 0.25) is 0 Å². The fraction of sp³-hybridized carbons (Fsp3) is 0.0455. The number of methoxy groups -OCH3 is 1. The van der Waals surface area contributed by atoms with E-state index >= 15 is 0 Å². The fourth-order valence-corrected chi connectivity index (χ4v) is 3.28. The van der Waals surface area contributed by atoms with Crippen LogP contribution < -0.4 is 10.1 Å². The molecule has 136 valence electrons. The monoisotopic (exact) mass is 367 g/mol. The zero-order valence-electron chi connectivity index (χ0n) is 15.2. The summed E-state index contributed by atoms with van der Waals surface area (Å²) in [5.41, 5.74) is 3.71. The van der Waals surface area contributed by atoms with Gasteiger partial charge in [0.05, 0.1) is 7.11 Å². The number of hydrogen-bond donors (Lipinski definition) is 2. The Morgan fingerprint density at radius 3 is 2.71 bits per heavy atom. The highest BCUT2D eigenvalue weighted by atomic mass is 16.5. The predicted octanol–water partition coefficient (Wildman–Crippen LogP) is 4.93. The number of anilines is 2. The molecule has 0 saturated carbocycles. The molecular weight excluding hydrogens is 350 g/mol. The molecule has 6 nitrogen and oxygen atoms in total. The van der Waals surface area contributed by atoms with E-state index < -0.39 is 0 Å². The molecule has 2 aromatic carbocycles. The lowest BCUT2D eigenvalue weighted by Crippen LogP contribution is -2.00. The van der Waals surface area contributed by atoms with Gasteiger partial charge in [-0.15, -0.1) is 0 Å². The van der Waals surface area contributed by atoms with E-state index in [1.807, 2.05) is 54.7 Å². The van der Waals surface area contributed by atoms with Crippen molar-refractivity contribution in [3.63, 3.8) is 0 Å². The summed E-state index contributed by atoms with van der Waals surface area (Å²) in [6, 6.07) is 17.8. The lowest BCUT2D eigenvalue weighted by molar-refractivity contribution is 0.419. The van der Waals surface area contributed by atoms with Crippen LogP contribution >= 0.6 is 0 Å². The van der Waals surface area contributed by atoms with Crippen molar-refractivity contribution >= 4 is 33.3 Å². The molecule has 0 aliphatic rings. The van der Waals surface area contributed by atoms with Crippen molar-refractivity contribution in [1.29, 1.82) is 0 Å². The summed E-state index contributed by atoms with van der Waals surface area (Å²) in [5.74, 6) is 2.05. The summed E-state index contributed by atoms with van der Waals surface area (Å²) >= 11 is 0. The van der Waals surface area contributed by atoms with Gasteiger partial charge in [0.25, 0.3) is 0 Å². The minimum absolute atomic E-state index is 0.615. The number of para-hydroxylation sites is 1. The lowest BCUT2D eigenvalue weighted by Gasteiger charge is -2.13. The first-order chi connectivity index (χ1) is 13.8. The molecule has 2 N–H and O–H groups in total. The Labute approximate surface area is 161 Å². The number of ether oxygens (including phenoxy) is 1. The van der Waals surface area contributed by atoms with E-state index in [0.29, 0.717) is 11.6 Å². The van der Waals surface area contributed by atoms with E-state index in [2.05, 4.69) is 21.4 Å². The van der Waals surface area contributed by atoms with Crippen LogP contribution in [0.25, 0.3) is 33.2 Å². The Hall–Kier alpha value is -3.93. The molecule has 5 rings (SSSR count). The molecule has 6 heteroatoms. The topological polar surface area (TPSA) is 75.7 Å². The van der Waals surface area contributed by atoms with E-state index in [1.165, 1.54) is 0 Å². The van der Waals surface area contributed by atoms with Crippen molar-refractivity contribution in [2.24, 2.45) is 0 Å². The Morgan fingerprint density at radius 1 is 0.964 bits per heavy atom. The third-order valence-corrected chi connectivity index (χ3v) is 4.66. The molecule has 0 spiro atoms. The number of fused-ring (bicyclic) bond motifs is 2. The second kappa shape index (κ2) is 6.66. The molecule has 5 aromatic rings. The highest BCUT2D eigenvalue weighted by Gasteiger charge is 2.13. The fourth-order valence-electron chi connectivity index (χ4n) is 3.28. The number of pyridine rings is 1. The van der Waals surface area contributed by atoms with Gasteiger partial charge in [-0.05, 0) is 48.5 Å². The lowest BCUT2D eigenvalue weighted by atomic mass is 10.1. The number of aromatic amines is 1. The van der Waals surface area contributed by atoms with Crippen LogP contribution in [0.15, 0.2) is 73.2 Å². The van der Waals surface area contributed by atoms with Crippen LogP contribution in [0.4, 0.5) is 11.5 Å². The summed E-state index contributed by atoms with van der Waals surface area (Å²) in [5, 5.41) is 5.48. The number of benzene rings is 2. The minimum Gasteiger partial charge on any atom is -0.494 e. The first-order valence-electron chi connectivity index (χ1n) is 8.91. The molecule has 0 bridgehead atoms. The van der Waals surface area contributed by atoms with Crippen molar-refractivity contribution in [3.05, 3.63) is 73.2 Å². The van der Waals surface area contributed by atoms with Gasteiger partial charge < -0.3 is 15.0 Å². The number of hydrogen-bond acceptors (Lipinski definition) is 5. The standard InChI is InChI=1S/C22H17N5O/c1-28-19-4-2-3-17-20(19)26-21(14-7-10-23-11-8-14)27-22(17)25-16-5-6-18-15(13-16)9-12-24-18/h2-13,24H,1H3,(H,25,26,27). The highest BCUT2D eigenvalue weighted by Crippen LogP contribution is 2.32. The molecule has 0 radical (unpaired) electrons. The van der Waals surface area contributed by atoms with Crippen molar-refractivity contribution in [1.82, 2.24) is 19.9 Å². The molecular formula is C22H17N5O. The van der Waals surface area contributed by atoms with E-state index in [-0.39, 0.29) is 0 Å². The Kier molecular flexibility index (Phi) is 3.87. The Balaban J connectivity index is 1.69. The van der Waals surface area contributed by atoms with Crippen molar-refractivity contribution in [3.8, 4) is 17.1 Å². The maximum Gasteiger partial charge on any atom is 0.162 e. The van der Waals surface area contributed by atoms with Gasteiger partial charge in [-0.25, -0.2) is 9.97 Å². The van der Waals surface area contributed by atoms with Crippen LogP contribution in [0.1, 0.15) is 0 Å². The van der Waals surface area contributed by atoms with E-state index in [9.17, 15) is 0 Å². The maximum atomic E-state index is 5.54. The molecule has 0 aliphatic carbocycles. The summed E-state index contributed by atoms with van der Waals surface area (Å²) in [7, 11) is 1.65. The molecule has 0 fully saturated rings. The van der Waals surface area contributed by atoms with Gasteiger partial charge in [0.15, 0.2) is 5.82 Å². The minimum atomic E-state index is 0.615. The number of nitrogens with one attached hydrogen (secondary N) is 2. The molecule has 28 heavy (non-hydrogen) atoms. The Bertz CT molecular complexity index is 1280. The third kappa shape index (κ3) is 2.81. The zero-order chi connectivity index (χ0) is 18.9.